The third kappa shape index (κ3) is 3.59. The van der Waals surface area contributed by atoms with Gasteiger partial charge >= 0.3 is 0 Å². The van der Waals surface area contributed by atoms with Crippen molar-refractivity contribution in [2.75, 3.05) is 5.32 Å². The van der Waals surface area contributed by atoms with Crippen LogP contribution in [0.25, 0.3) is 0 Å². The second kappa shape index (κ2) is 6.10. The van der Waals surface area contributed by atoms with Gasteiger partial charge in [0.15, 0.2) is 0 Å². The third-order valence-electron chi connectivity index (χ3n) is 3.66. The minimum Gasteiger partial charge on any atom is -0.379 e. The fourth-order valence-electron chi connectivity index (χ4n) is 2.31. The molecular formula is C17H24ClN3. The van der Waals surface area contributed by atoms with Gasteiger partial charge in [-0.2, -0.15) is 5.10 Å². The zero-order valence-corrected chi connectivity index (χ0v) is 14.3. The smallest absolute Gasteiger partial charge is 0.0865 e. The number of halogens is 1. The average molecular weight is 306 g/mol. The molecule has 1 aromatic carbocycles. The van der Waals surface area contributed by atoms with E-state index in [-0.39, 0.29) is 5.41 Å². The van der Waals surface area contributed by atoms with Gasteiger partial charge in [0.25, 0.3) is 0 Å². The Kier molecular flexibility index (Phi) is 4.62. The highest BCUT2D eigenvalue weighted by atomic mass is 35.5. The molecular weight excluding hydrogens is 282 g/mol. The highest BCUT2D eigenvalue weighted by Crippen LogP contribution is 2.25. The number of aromatic nitrogens is 2. The van der Waals surface area contributed by atoms with Crippen LogP contribution in [-0.4, -0.2) is 9.78 Å². The summed E-state index contributed by atoms with van der Waals surface area (Å²) < 4.78 is 1.95. The maximum absolute atomic E-state index is 6.32. The van der Waals surface area contributed by atoms with Crippen LogP contribution in [0.2, 0.25) is 5.02 Å². The number of aryl methyl sites for hydroxylation is 2. The number of nitrogens with zero attached hydrogens (tertiary/aromatic N) is 2. The second-order valence-electron chi connectivity index (χ2n) is 6.34. The van der Waals surface area contributed by atoms with Crippen LogP contribution in [0.1, 0.15) is 44.6 Å². The van der Waals surface area contributed by atoms with Gasteiger partial charge in [0.1, 0.15) is 0 Å². The van der Waals surface area contributed by atoms with Gasteiger partial charge in [-0.25, -0.2) is 0 Å². The van der Waals surface area contributed by atoms with Gasteiger partial charge in [-0.15, -0.1) is 0 Å². The van der Waals surface area contributed by atoms with E-state index >= 15 is 0 Å². The predicted octanol–water partition coefficient (Wildman–Crippen LogP) is 4.77. The first kappa shape index (κ1) is 15.9. The van der Waals surface area contributed by atoms with Crippen molar-refractivity contribution in [3.63, 3.8) is 0 Å². The molecule has 0 aliphatic carbocycles. The Hall–Kier alpha value is -1.48. The van der Waals surface area contributed by atoms with Gasteiger partial charge in [-0.1, -0.05) is 44.5 Å². The molecule has 0 fully saturated rings. The Bertz CT molecular complexity index is 606. The molecule has 2 aromatic rings. The van der Waals surface area contributed by atoms with E-state index in [4.69, 9.17) is 11.6 Å². The molecule has 0 atom stereocenters. The van der Waals surface area contributed by atoms with E-state index in [2.05, 4.69) is 62.4 Å². The summed E-state index contributed by atoms with van der Waals surface area (Å²) in [5.41, 5.74) is 4.54. The molecule has 1 heterocycles. The zero-order valence-electron chi connectivity index (χ0n) is 13.5. The lowest BCUT2D eigenvalue weighted by Gasteiger charge is -2.19. The number of rotatable bonds is 4. The van der Waals surface area contributed by atoms with E-state index in [0.29, 0.717) is 6.54 Å². The summed E-state index contributed by atoms with van der Waals surface area (Å²) >= 11 is 6.32. The molecule has 0 spiro atoms. The summed E-state index contributed by atoms with van der Waals surface area (Å²) in [6.07, 6.45) is 0. The van der Waals surface area contributed by atoms with Crippen molar-refractivity contribution < 1.29 is 0 Å². The van der Waals surface area contributed by atoms with Crippen molar-refractivity contribution in [2.24, 2.45) is 0 Å². The summed E-state index contributed by atoms with van der Waals surface area (Å²) in [5, 5.41) is 8.62. The summed E-state index contributed by atoms with van der Waals surface area (Å²) in [6.45, 7) is 12.2. The first-order valence-corrected chi connectivity index (χ1v) is 7.77. The van der Waals surface area contributed by atoms with Crippen molar-refractivity contribution in [1.29, 1.82) is 0 Å². The van der Waals surface area contributed by atoms with Crippen molar-refractivity contribution in [3.05, 3.63) is 46.2 Å². The van der Waals surface area contributed by atoms with Crippen LogP contribution in [0, 0.1) is 6.92 Å². The van der Waals surface area contributed by atoms with Gasteiger partial charge in [-0.3, -0.25) is 4.68 Å². The summed E-state index contributed by atoms with van der Waals surface area (Å²) in [6, 6.07) is 8.58. The largest absolute Gasteiger partial charge is 0.379 e. The molecule has 0 saturated carbocycles. The molecule has 21 heavy (non-hydrogen) atoms. The normalized spacial score (nSPS) is 11.7. The van der Waals surface area contributed by atoms with Crippen molar-refractivity contribution >= 4 is 17.3 Å². The molecule has 0 bridgehead atoms. The van der Waals surface area contributed by atoms with E-state index in [1.54, 1.807) is 0 Å². The SMILES string of the molecule is CCn1nc(C)c(Cl)c1CNc1ccc(C(C)(C)C)cc1. The summed E-state index contributed by atoms with van der Waals surface area (Å²) in [4.78, 5) is 0. The van der Waals surface area contributed by atoms with Crippen LogP contribution in [0.15, 0.2) is 24.3 Å². The molecule has 114 valence electrons. The van der Waals surface area contributed by atoms with Crippen LogP contribution in [0.3, 0.4) is 0 Å². The van der Waals surface area contributed by atoms with Crippen LogP contribution in [0.4, 0.5) is 5.69 Å². The van der Waals surface area contributed by atoms with Crippen LogP contribution in [-0.2, 0) is 18.5 Å². The minimum absolute atomic E-state index is 0.180. The lowest BCUT2D eigenvalue weighted by molar-refractivity contribution is 0.590. The second-order valence-corrected chi connectivity index (χ2v) is 6.72. The predicted molar refractivity (Wildman–Crippen MR) is 90.1 cm³/mol. The average Bonchev–Trinajstić information content (AvgIpc) is 2.71. The maximum atomic E-state index is 6.32. The number of hydrogen-bond acceptors (Lipinski definition) is 2. The molecule has 0 amide bonds. The third-order valence-corrected chi connectivity index (χ3v) is 4.16. The van der Waals surface area contributed by atoms with E-state index < -0.39 is 0 Å². The van der Waals surface area contributed by atoms with E-state index in [9.17, 15) is 0 Å². The number of hydrogen-bond donors (Lipinski definition) is 1. The molecule has 4 heteroatoms. The standard InChI is InChI=1S/C17H24ClN3/c1-6-21-15(16(18)12(2)20-21)11-19-14-9-7-13(8-10-14)17(3,4)5/h7-10,19H,6,11H2,1-5H3. The molecule has 0 saturated heterocycles. The number of benzene rings is 1. The summed E-state index contributed by atoms with van der Waals surface area (Å²) in [5.74, 6) is 0. The van der Waals surface area contributed by atoms with Gasteiger partial charge < -0.3 is 5.32 Å². The van der Waals surface area contributed by atoms with Gasteiger partial charge in [0, 0.05) is 12.2 Å². The Morgan fingerprint density at radius 3 is 2.33 bits per heavy atom. The fourth-order valence-corrected chi connectivity index (χ4v) is 2.51. The fraction of sp³-hybridized carbons (Fsp3) is 0.471. The van der Waals surface area contributed by atoms with E-state index in [0.717, 1.165) is 28.6 Å². The first-order chi connectivity index (χ1) is 9.82. The lowest BCUT2D eigenvalue weighted by Crippen LogP contribution is -2.11. The lowest BCUT2D eigenvalue weighted by atomic mass is 9.87. The molecule has 1 N–H and O–H groups in total. The molecule has 0 radical (unpaired) electrons. The number of nitrogens with one attached hydrogen (secondary N) is 1. The Balaban J connectivity index is 2.10. The monoisotopic (exact) mass is 305 g/mol. The molecule has 0 unspecified atom stereocenters. The molecule has 3 nitrogen and oxygen atoms in total. The van der Waals surface area contributed by atoms with Gasteiger partial charge in [0.2, 0.25) is 0 Å². The Labute approximate surface area is 132 Å². The molecule has 2 rings (SSSR count). The Morgan fingerprint density at radius 2 is 1.81 bits per heavy atom. The number of anilines is 1. The highest BCUT2D eigenvalue weighted by molar-refractivity contribution is 6.31. The highest BCUT2D eigenvalue weighted by Gasteiger charge is 2.14. The van der Waals surface area contributed by atoms with Gasteiger partial charge in [0.05, 0.1) is 23.0 Å². The zero-order chi connectivity index (χ0) is 15.6. The molecule has 1 aromatic heterocycles. The Morgan fingerprint density at radius 1 is 1.19 bits per heavy atom. The minimum atomic E-state index is 0.180. The van der Waals surface area contributed by atoms with Crippen LogP contribution < -0.4 is 5.32 Å². The van der Waals surface area contributed by atoms with Gasteiger partial charge in [-0.05, 0) is 37.0 Å². The van der Waals surface area contributed by atoms with Crippen molar-refractivity contribution in [2.45, 2.75) is 53.1 Å². The van der Waals surface area contributed by atoms with Crippen molar-refractivity contribution in [1.82, 2.24) is 9.78 Å². The van der Waals surface area contributed by atoms with Crippen molar-refractivity contribution in [3.8, 4) is 0 Å². The summed E-state index contributed by atoms with van der Waals surface area (Å²) in [7, 11) is 0. The maximum Gasteiger partial charge on any atom is 0.0865 e. The molecule has 0 aliphatic heterocycles. The molecule has 0 aliphatic rings. The van der Waals surface area contributed by atoms with Crippen LogP contribution in [0.5, 0.6) is 0 Å². The van der Waals surface area contributed by atoms with E-state index in [1.165, 1.54) is 5.56 Å². The van der Waals surface area contributed by atoms with Crippen LogP contribution >= 0.6 is 11.6 Å². The van der Waals surface area contributed by atoms with E-state index in [1.807, 2.05) is 11.6 Å². The first-order valence-electron chi connectivity index (χ1n) is 7.39. The topological polar surface area (TPSA) is 29.9 Å². The quantitative estimate of drug-likeness (QED) is 0.881.